The van der Waals surface area contributed by atoms with Gasteiger partial charge >= 0.3 is 0 Å². The van der Waals surface area contributed by atoms with E-state index in [1.807, 2.05) is 0 Å². The Morgan fingerprint density at radius 1 is 0.750 bits per heavy atom. The summed E-state index contributed by atoms with van der Waals surface area (Å²) in [4.78, 5) is -0.187. The molecule has 2 aromatic rings. The summed E-state index contributed by atoms with van der Waals surface area (Å²) in [7, 11) is -8.24. The average molecular weight is 311 g/mol. The average Bonchev–Trinajstić information content (AvgIpc) is 2.39. The van der Waals surface area contributed by atoms with Crippen molar-refractivity contribution >= 4 is 20.0 Å². The Kier molecular flexibility index (Phi) is 3.94. The van der Waals surface area contributed by atoms with Crippen LogP contribution in [0.15, 0.2) is 64.4 Å². The summed E-state index contributed by atoms with van der Waals surface area (Å²) in [6, 6.07) is 13.4. The van der Waals surface area contributed by atoms with Crippen LogP contribution in [-0.2, 0) is 20.0 Å². The second kappa shape index (κ2) is 5.35. The summed E-state index contributed by atoms with van der Waals surface area (Å²) in [5, 5.41) is 0. The molecule has 1 N–H and O–H groups in total. The molecular weight excluding hydrogens is 298 g/mol. The fraction of sp³-hybridized carbons (Fsp3) is 0.0769. The Labute approximate surface area is 118 Å². The monoisotopic (exact) mass is 311 g/mol. The molecule has 0 saturated heterocycles. The molecule has 7 heteroatoms. The first-order valence-corrected chi connectivity index (χ1v) is 8.68. The van der Waals surface area contributed by atoms with Crippen LogP contribution in [0, 0.1) is 6.92 Å². The van der Waals surface area contributed by atoms with Gasteiger partial charge in [0.15, 0.2) is 0 Å². The van der Waals surface area contributed by atoms with Gasteiger partial charge in [0.1, 0.15) is 0 Å². The first-order chi connectivity index (χ1) is 9.31. The van der Waals surface area contributed by atoms with E-state index < -0.39 is 20.0 Å². The maximum absolute atomic E-state index is 12.1. The van der Waals surface area contributed by atoms with Crippen molar-refractivity contribution in [3.63, 3.8) is 0 Å². The summed E-state index contributed by atoms with van der Waals surface area (Å²) in [5.41, 5.74) is 0.727. The van der Waals surface area contributed by atoms with Gasteiger partial charge in [0, 0.05) is 0 Å². The molecule has 0 spiro atoms. The zero-order valence-electron chi connectivity index (χ0n) is 10.6. The second-order valence-electron chi connectivity index (χ2n) is 4.22. The van der Waals surface area contributed by atoms with E-state index in [2.05, 4.69) is 0 Å². The lowest BCUT2D eigenvalue weighted by atomic mass is 10.2. The van der Waals surface area contributed by atoms with Crippen LogP contribution in [0.25, 0.3) is 0 Å². The zero-order chi connectivity index (χ0) is 14.8. The van der Waals surface area contributed by atoms with Gasteiger partial charge in [-0.2, -0.15) is 0 Å². The molecule has 2 aromatic carbocycles. The highest BCUT2D eigenvalue weighted by atomic mass is 32.3. The van der Waals surface area contributed by atoms with E-state index in [1.54, 1.807) is 29.3 Å². The van der Waals surface area contributed by atoms with E-state index in [-0.39, 0.29) is 9.79 Å². The molecular formula is C13H13NO4S2. The van der Waals surface area contributed by atoms with E-state index in [9.17, 15) is 16.8 Å². The number of nitrogens with one attached hydrogen (secondary N) is 1. The van der Waals surface area contributed by atoms with Crippen LogP contribution in [0.5, 0.6) is 0 Å². The highest BCUT2D eigenvalue weighted by molar-refractivity contribution is 8.04. The Hall–Kier alpha value is -1.70. The molecule has 5 nitrogen and oxygen atoms in total. The van der Waals surface area contributed by atoms with Crippen molar-refractivity contribution < 1.29 is 16.8 Å². The van der Waals surface area contributed by atoms with Gasteiger partial charge in [-0.15, -0.1) is 4.13 Å². The molecule has 0 aromatic heterocycles. The van der Waals surface area contributed by atoms with Crippen molar-refractivity contribution in [1.29, 1.82) is 0 Å². The third-order valence-electron chi connectivity index (χ3n) is 2.57. The summed E-state index contributed by atoms with van der Waals surface area (Å²) < 4.78 is 49.9. The summed E-state index contributed by atoms with van der Waals surface area (Å²) >= 11 is 0. The zero-order valence-corrected chi connectivity index (χ0v) is 12.3. The van der Waals surface area contributed by atoms with Crippen LogP contribution in [0.4, 0.5) is 0 Å². The van der Waals surface area contributed by atoms with Gasteiger partial charge in [0.25, 0.3) is 20.0 Å². The number of hydrogen-bond donors (Lipinski definition) is 1. The molecule has 0 heterocycles. The number of benzene rings is 2. The number of aryl methyl sites for hydroxylation is 1. The van der Waals surface area contributed by atoms with Crippen LogP contribution in [-0.4, -0.2) is 16.8 Å². The lowest BCUT2D eigenvalue weighted by Crippen LogP contribution is -2.30. The number of rotatable bonds is 4. The third kappa shape index (κ3) is 3.24. The SMILES string of the molecule is Cc1cccc(S(=O)(=O)NS(=O)(=O)c2ccccc2)c1. The Balaban J connectivity index is 2.39. The van der Waals surface area contributed by atoms with Gasteiger partial charge < -0.3 is 0 Å². The van der Waals surface area contributed by atoms with Gasteiger partial charge in [-0.1, -0.05) is 30.3 Å². The van der Waals surface area contributed by atoms with Crippen LogP contribution in [0.2, 0.25) is 0 Å². The minimum absolute atomic E-state index is 0.0861. The van der Waals surface area contributed by atoms with Crippen LogP contribution >= 0.6 is 0 Å². The standard InChI is InChI=1S/C13H13NO4S2/c1-11-6-5-9-13(10-11)20(17,18)14-19(15,16)12-7-3-2-4-8-12/h2-10,14H,1H3. The molecule has 0 aliphatic heterocycles. The van der Waals surface area contributed by atoms with Crippen molar-refractivity contribution in [3.8, 4) is 0 Å². The maximum atomic E-state index is 12.1. The fourth-order valence-electron chi connectivity index (χ4n) is 1.62. The molecule has 0 unspecified atom stereocenters. The molecule has 0 aliphatic rings. The van der Waals surface area contributed by atoms with Crippen molar-refractivity contribution in [2.24, 2.45) is 0 Å². The van der Waals surface area contributed by atoms with E-state index in [0.717, 1.165) is 5.56 Å². The minimum atomic E-state index is -4.13. The van der Waals surface area contributed by atoms with E-state index in [0.29, 0.717) is 0 Å². The van der Waals surface area contributed by atoms with Crippen molar-refractivity contribution in [1.82, 2.24) is 4.13 Å². The minimum Gasteiger partial charge on any atom is -0.206 e. The summed E-state index contributed by atoms with van der Waals surface area (Å²) in [6.45, 7) is 1.73. The lowest BCUT2D eigenvalue weighted by Gasteiger charge is -2.08. The fourth-order valence-corrected chi connectivity index (χ4v) is 4.66. The normalized spacial score (nSPS) is 12.2. The Bertz CT molecular complexity index is 812. The van der Waals surface area contributed by atoms with Crippen LogP contribution < -0.4 is 4.13 Å². The quantitative estimate of drug-likeness (QED) is 0.931. The van der Waals surface area contributed by atoms with Crippen molar-refractivity contribution in [2.75, 3.05) is 0 Å². The summed E-state index contributed by atoms with van der Waals surface area (Å²) in [5.74, 6) is 0. The van der Waals surface area contributed by atoms with Gasteiger partial charge in [-0.25, -0.2) is 16.8 Å². The number of sulfonamides is 2. The molecule has 0 radical (unpaired) electrons. The molecule has 0 amide bonds. The first-order valence-electron chi connectivity index (χ1n) is 5.72. The lowest BCUT2D eigenvalue weighted by molar-refractivity contribution is 0.577. The topological polar surface area (TPSA) is 80.3 Å². The van der Waals surface area contributed by atoms with Gasteiger partial charge in [-0.05, 0) is 36.8 Å². The molecule has 20 heavy (non-hydrogen) atoms. The van der Waals surface area contributed by atoms with E-state index >= 15 is 0 Å². The van der Waals surface area contributed by atoms with Crippen LogP contribution in [0.3, 0.4) is 0 Å². The second-order valence-corrected chi connectivity index (χ2v) is 7.84. The number of hydrogen-bond acceptors (Lipinski definition) is 4. The predicted molar refractivity (Wildman–Crippen MR) is 75.1 cm³/mol. The molecule has 106 valence electrons. The van der Waals surface area contributed by atoms with E-state index in [4.69, 9.17) is 0 Å². The van der Waals surface area contributed by atoms with E-state index in [1.165, 1.54) is 36.4 Å². The molecule has 0 atom stereocenters. The van der Waals surface area contributed by atoms with Crippen molar-refractivity contribution in [3.05, 3.63) is 60.2 Å². The van der Waals surface area contributed by atoms with Gasteiger partial charge in [0.05, 0.1) is 9.79 Å². The third-order valence-corrected chi connectivity index (χ3v) is 6.10. The Morgan fingerprint density at radius 3 is 1.90 bits per heavy atom. The smallest absolute Gasteiger partial charge is 0.206 e. The highest BCUT2D eigenvalue weighted by Gasteiger charge is 2.24. The molecule has 2 rings (SSSR count). The molecule has 0 bridgehead atoms. The Morgan fingerprint density at radius 2 is 1.30 bits per heavy atom. The first kappa shape index (κ1) is 14.7. The predicted octanol–water partition coefficient (Wildman–Crippen LogP) is 1.66. The summed E-state index contributed by atoms with van der Waals surface area (Å²) in [6.07, 6.45) is 0. The van der Waals surface area contributed by atoms with Gasteiger partial charge in [0.2, 0.25) is 0 Å². The maximum Gasteiger partial charge on any atom is 0.253 e. The van der Waals surface area contributed by atoms with Crippen LogP contribution in [0.1, 0.15) is 5.56 Å². The molecule has 0 aliphatic carbocycles. The highest BCUT2D eigenvalue weighted by Crippen LogP contribution is 2.14. The largest absolute Gasteiger partial charge is 0.253 e. The molecule has 0 fully saturated rings. The molecule has 0 saturated carbocycles. The van der Waals surface area contributed by atoms with Gasteiger partial charge in [-0.3, -0.25) is 0 Å². The van der Waals surface area contributed by atoms with Crippen molar-refractivity contribution in [2.45, 2.75) is 16.7 Å².